The van der Waals surface area contributed by atoms with Crippen LogP contribution in [0.1, 0.15) is 29.7 Å². The van der Waals surface area contributed by atoms with E-state index in [0.717, 1.165) is 28.2 Å². The molecule has 0 aromatic heterocycles. The first-order chi connectivity index (χ1) is 10.6. The smallest absolute Gasteiger partial charge is 0.161 e. The highest BCUT2D eigenvalue weighted by atomic mass is 16.5. The summed E-state index contributed by atoms with van der Waals surface area (Å²) in [6.07, 6.45) is 0. The molecule has 1 atom stereocenters. The van der Waals surface area contributed by atoms with Crippen molar-refractivity contribution in [2.75, 3.05) is 14.2 Å². The Morgan fingerprint density at radius 1 is 1.09 bits per heavy atom. The average Bonchev–Trinajstić information content (AvgIpc) is 2.53. The van der Waals surface area contributed by atoms with Crippen LogP contribution < -0.4 is 14.8 Å². The van der Waals surface area contributed by atoms with Gasteiger partial charge in [-0.25, -0.2) is 0 Å². The van der Waals surface area contributed by atoms with Crippen LogP contribution in [0, 0.1) is 6.92 Å². The van der Waals surface area contributed by atoms with Crippen LogP contribution in [0.4, 0.5) is 0 Å². The largest absolute Gasteiger partial charge is 0.508 e. The Morgan fingerprint density at radius 2 is 1.73 bits per heavy atom. The van der Waals surface area contributed by atoms with Crippen molar-refractivity contribution >= 4 is 0 Å². The van der Waals surface area contributed by atoms with Crippen molar-refractivity contribution in [3.05, 3.63) is 53.1 Å². The van der Waals surface area contributed by atoms with Gasteiger partial charge in [0.05, 0.1) is 14.2 Å². The van der Waals surface area contributed by atoms with E-state index in [2.05, 4.69) is 19.2 Å². The van der Waals surface area contributed by atoms with Crippen LogP contribution >= 0.6 is 0 Å². The molecule has 2 N–H and O–H groups in total. The number of rotatable bonds is 6. The Balaban J connectivity index is 2.15. The van der Waals surface area contributed by atoms with Gasteiger partial charge >= 0.3 is 0 Å². The van der Waals surface area contributed by atoms with Gasteiger partial charge in [0, 0.05) is 18.2 Å². The lowest BCUT2D eigenvalue weighted by Crippen LogP contribution is -2.19. The zero-order valence-electron chi connectivity index (χ0n) is 13.5. The predicted molar refractivity (Wildman–Crippen MR) is 87.6 cm³/mol. The molecule has 118 valence electrons. The Morgan fingerprint density at radius 3 is 2.36 bits per heavy atom. The molecule has 0 radical (unpaired) electrons. The van der Waals surface area contributed by atoms with Crippen LogP contribution in [0.3, 0.4) is 0 Å². The Labute approximate surface area is 131 Å². The van der Waals surface area contributed by atoms with E-state index in [-0.39, 0.29) is 6.04 Å². The summed E-state index contributed by atoms with van der Waals surface area (Å²) < 4.78 is 10.7. The minimum Gasteiger partial charge on any atom is -0.508 e. The number of phenolic OH excluding ortho intramolecular Hbond substituents is 1. The molecular weight excluding hydrogens is 278 g/mol. The fourth-order valence-electron chi connectivity index (χ4n) is 2.50. The highest BCUT2D eigenvalue weighted by molar-refractivity contribution is 5.48. The number of aryl methyl sites for hydroxylation is 1. The molecule has 22 heavy (non-hydrogen) atoms. The predicted octanol–water partition coefficient (Wildman–Crippen LogP) is 3.57. The fraction of sp³-hybridized carbons (Fsp3) is 0.333. The van der Waals surface area contributed by atoms with Crippen molar-refractivity contribution < 1.29 is 14.6 Å². The third-order valence-electron chi connectivity index (χ3n) is 3.83. The Bertz CT molecular complexity index is 640. The van der Waals surface area contributed by atoms with Crippen molar-refractivity contribution in [2.45, 2.75) is 26.4 Å². The number of ether oxygens (including phenoxy) is 2. The summed E-state index contributed by atoms with van der Waals surface area (Å²) >= 11 is 0. The van der Waals surface area contributed by atoms with Gasteiger partial charge in [0.15, 0.2) is 11.5 Å². The van der Waals surface area contributed by atoms with Gasteiger partial charge in [-0.2, -0.15) is 0 Å². The molecule has 0 unspecified atom stereocenters. The molecule has 0 fully saturated rings. The van der Waals surface area contributed by atoms with Gasteiger partial charge < -0.3 is 19.9 Å². The number of hydrogen-bond acceptors (Lipinski definition) is 4. The number of phenols is 1. The summed E-state index contributed by atoms with van der Waals surface area (Å²) in [5.41, 5.74) is 3.16. The zero-order valence-corrected chi connectivity index (χ0v) is 13.5. The summed E-state index contributed by atoms with van der Waals surface area (Å²) in [5.74, 6) is 1.77. The average molecular weight is 301 g/mol. The number of methoxy groups -OCH3 is 2. The maximum atomic E-state index is 9.82. The number of aromatic hydroxyl groups is 1. The quantitative estimate of drug-likeness (QED) is 0.856. The molecule has 0 aliphatic rings. The van der Waals surface area contributed by atoms with Gasteiger partial charge in [0.2, 0.25) is 0 Å². The second kappa shape index (κ2) is 7.18. The molecule has 2 aromatic carbocycles. The third kappa shape index (κ3) is 3.52. The Kier molecular flexibility index (Phi) is 5.28. The maximum Gasteiger partial charge on any atom is 0.161 e. The van der Waals surface area contributed by atoms with Gasteiger partial charge in [-0.15, -0.1) is 0 Å². The number of hydrogen-bond donors (Lipinski definition) is 2. The lowest BCUT2D eigenvalue weighted by atomic mass is 10.0. The molecule has 0 saturated heterocycles. The summed E-state index contributed by atoms with van der Waals surface area (Å²) in [7, 11) is 3.27. The van der Waals surface area contributed by atoms with Crippen LogP contribution in [0.2, 0.25) is 0 Å². The minimum atomic E-state index is 0.124. The van der Waals surface area contributed by atoms with Crippen molar-refractivity contribution in [1.29, 1.82) is 0 Å². The molecule has 0 heterocycles. The van der Waals surface area contributed by atoms with Gasteiger partial charge in [-0.3, -0.25) is 0 Å². The second-order valence-corrected chi connectivity index (χ2v) is 5.30. The summed E-state index contributed by atoms with van der Waals surface area (Å²) in [5, 5.41) is 13.3. The monoisotopic (exact) mass is 301 g/mol. The van der Waals surface area contributed by atoms with E-state index in [4.69, 9.17) is 9.47 Å². The van der Waals surface area contributed by atoms with Gasteiger partial charge in [-0.1, -0.05) is 18.2 Å². The van der Waals surface area contributed by atoms with Crippen LogP contribution in [-0.4, -0.2) is 19.3 Å². The first kappa shape index (κ1) is 16.2. The molecule has 0 saturated carbocycles. The van der Waals surface area contributed by atoms with Gasteiger partial charge in [0.25, 0.3) is 0 Å². The summed E-state index contributed by atoms with van der Waals surface area (Å²) in [4.78, 5) is 0. The van der Waals surface area contributed by atoms with Crippen molar-refractivity contribution in [3.63, 3.8) is 0 Å². The van der Waals surface area contributed by atoms with E-state index in [1.807, 2.05) is 30.3 Å². The molecule has 0 spiro atoms. The Hall–Kier alpha value is -2.20. The van der Waals surface area contributed by atoms with E-state index < -0.39 is 0 Å². The standard InChI is InChI=1S/C18H23NO3/c1-12-9-17(21-3)18(22-4)10-15(12)13(2)19-11-14-7-5-6-8-16(14)20/h5-10,13,19-20H,11H2,1-4H3/t13-/m0/s1. The highest BCUT2D eigenvalue weighted by Gasteiger charge is 2.14. The topological polar surface area (TPSA) is 50.7 Å². The second-order valence-electron chi connectivity index (χ2n) is 5.30. The molecular formula is C18H23NO3. The number of benzene rings is 2. The molecule has 0 aliphatic carbocycles. The number of para-hydroxylation sites is 1. The van der Waals surface area contributed by atoms with E-state index >= 15 is 0 Å². The molecule has 4 nitrogen and oxygen atoms in total. The minimum absolute atomic E-state index is 0.124. The van der Waals surface area contributed by atoms with E-state index in [9.17, 15) is 5.11 Å². The summed E-state index contributed by atoms with van der Waals surface area (Å²) in [6, 6.07) is 11.5. The molecule has 4 heteroatoms. The first-order valence-corrected chi connectivity index (χ1v) is 7.29. The molecule has 0 amide bonds. The SMILES string of the molecule is COc1cc(C)c([C@H](C)NCc2ccccc2O)cc1OC. The zero-order chi connectivity index (χ0) is 16.1. The third-order valence-corrected chi connectivity index (χ3v) is 3.83. The van der Waals surface area contributed by atoms with Crippen molar-refractivity contribution in [1.82, 2.24) is 5.32 Å². The van der Waals surface area contributed by atoms with Crippen LogP contribution in [-0.2, 0) is 6.54 Å². The van der Waals surface area contributed by atoms with Crippen LogP contribution in [0.5, 0.6) is 17.2 Å². The van der Waals surface area contributed by atoms with Crippen LogP contribution in [0.15, 0.2) is 36.4 Å². The van der Waals surface area contributed by atoms with Gasteiger partial charge in [0.1, 0.15) is 5.75 Å². The summed E-state index contributed by atoms with van der Waals surface area (Å²) in [6.45, 7) is 4.74. The van der Waals surface area contributed by atoms with Gasteiger partial charge in [-0.05, 0) is 43.2 Å². The lowest BCUT2D eigenvalue weighted by molar-refractivity contribution is 0.353. The van der Waals surface area contributed by atoms with E-state index in [0.29, 0.717) is 12.3 Å². The van der Waals surface area contributed by atoms with E-state index in [1.165, 1.54) is 0 Å². The lowest BCUT2D eigenvalue weighted by Gasteiger charge is -2.19. The van der Waals surface area contributed by atoms with Crippen molar-refractivity contribution in [3.8, 4) is 17.2 Å². The number of nitrogens with one attached hydrogen (secondary N) is 1. The molecule has 0 bridgehead atoms. The molecule has 2 rings (SSSR count). The first-order valence-electron chi connectivity index (χ1n) is 7.29. The molecule has 0 aliphatic heterocycles. The van der Waals surface area contributed by atoms with Crippen LogP contribution in [0.25, 0.3) is 0 Å². The molecule has 2 aromatic rings. The normalized spacial score (nSPS) is 12.0. The van der Waals surface area contributed by atoms with Crippen molar-refractivity contribution in [2.24, 2.45) is 0 Å². The maximum absolute atomic E-state index is 9.82. The fourth-order valence-corrected chi connectivity index (χ4v) is 2.50. The highest BCUT2D eigenvalue weighted by Crippen LogP contribution is 2.33. The van der Waals surface area contributed by atoms with E-state index in [1.54, 1.807) is 20.3 Å².